The molecule has 3 aromatic rings. The summed E-state index contributed by atoms with van der Waals surface area (Å²) in [5.41, 5.74) is 10.6. The van der Waals surface area contributed by atoms with Crippen molar-refractivity contribution < 1.29 is 19.0 Å². The molecule has 2 aliphatic rings. The van der Waals surface area contributed by atoms with Gasteiger partial charge in [-0.1, -0.05) is 0 Å². The van der Waals surface area contributed by atoms with Crippen LogP contribution >= 0.6 is 0 Å². The van der Waals surface area contributed by atoms with E-state index in [4.69, 9.17) is 19.9 Å². The molecule has 1 aliphatic heterocycles. The predicted molar refractivity (Wildman–Crippen MR) is 129 cm³/mol. The molecule has 7 heteroatoms. The smallest absolute Gasteiger partial charge is 0.412 e. The molecule has 0 bridgehead atoms. The number of rotatable bonds is 6. The first kappa shape index (κ1) is 21.6. The van der Waals surface area contributed by atoms with Crippen molar-refractivity contribution in [2.24, 2.45) is 0 Å². The standard InChI is InChI=1S/C26H31N3O4/c1-2-28-26(30)33-19-8-6-17(7-9-19)25-24(27)22-11-10-21(32-20-12-14-31-15-13-20)16-23(22)29(25)18-4-3-5-18/h6-11,16,18,20H,2-5,12-15,27H2,1H3,(H,28,30). The van der Waals surface area contributed by atoms with Gasteiger partial charge >= 0.3 is 6.09 Å². The normalized spacial score (nSPS) is 17.0. The summed E-state index contributed by atoms with van der Waals surface area (Å²) in [5, 5.41) is 3.68. The van der Waals surface area contributed by atoms with E-state index in [2.05, 4.69) is 22.0 Å². The Balaban J connectivity index is 1.50. The van der Waals surface area contributed by atoms with Crippen LogP contribution in [-0.4, -0.2) is 36.5 Å². The zero-order chi connectivity index (χ0) is 22.8. The minimum atomic E-state index is -0.453. The van der Waals surface area contributed by atoms with Crippen molar-refractivity contribution in [3.05, 3.63) is 42.5 Å². The molecule has 0 atom stereocenters. The quantitative estimate of drug-likeness (QED) is 0.534. The summed E-state index contributed by atoms with van der Waals surface area (Å²) in [6.07, 6.45) is 5.07. The van der Waals surface area contributed by atoms with Crippen molar-refractivity contribution in [2.75, 3.05) is 25.5 Å². The van der Waals surface area contributed by atoms with Crippen molar-refractivity contribution >= 4 is 22.7 Å². The molecule has 2 aromatic carbocycles. The number of fused-ring (bicyclic) bond motifs is 1. The van der Waals surface area contributed by atoms with Crippen LogP contribution in [-0.2, 0) is 4.74 Å². The second-order valence-corrected chi connectivity index (χ2v) is 8.77. The molecule has 0 unspecified atom stereocenters. The number of hydrogen-bond acceptors (Lipinski definition) is 5. The second kappa shape index (κ2) is 9.35. The van der Waals surface area contributed by atoms with Gasteiger partial charge in [-0.3, -0.25) is 0 Å². The topological polar surface area (TPSA) is 87.7 Å². The van der Waals surface area contributed by atoms with Gasteiger partial charge in [0, 0.05) is 42.4 Å². The second-order valence-electron chi connectivity index (χ2n) is 8.77. The molecule has 1 amide bonds. The van der Waals surface area contributed by atoms with E-state index in [9.17, 15) is 4.79 Å². The highest BCUT2D eigenvalue weighted by Crippen LogP contribution is 2.45. The van der Waals surface area contributed by atoms with Gasteiger partial charge in [0.1, 0.15) is 17.6 Å². The van der Waals surface area contributed by atoms with Crippen LogP contribution in [0.1, 0.15) is 45.1 Å². The fraction of sp³-hybridized carbons (Fsp3) is 0.423. The molecule has 1 aliphatic carbocycles. The molecule has 5 rings (SSSR count). The highest BCUT2D eigenvalue weighted by molar-refractivity contribution is 6.01. The Hall–Kier alpha value is -3.19. The average molecular weight is 450 g/mol. The van der Waals surface area contributed by atoms with E-state index >= 15 is 0 Å². The molecular weight excluding hydrogens is 418 g/mol. The number of benzene rings is 2. The third-order valence-electron chi connectivity index (χ3n) is 6.59. The van der Waals surface area contributed by atoms with Crippen molar-refractivity contribution in [1.82, 2.24) is 9.88 Å². The summed E-state index contributed by atoms with van der Waals surface area (Å²) in [7, 11) is 0. The summed E-state index contributed by atoms with van der Waals surface area (Å²) >= 11 is 0. The van der Waals surface area contributed by atoms with Crippen LogP contribution in [0.3, 0.4) is 0 Å². The Morgan fingerprint density at radius 2 is 1.82 bits per heavy atom. The van der Waals surface area contributed by atoms with Gasteiger partial charge in [0.25, 0.3) is 0 Å². The number of nitrogen functional groups attached to an aromatic ring is 1. The van der Waals surface area contributed by atoms with Gasteiger partial charge in [0.05, 0.1) is 30.1 Å². The van der Waals surface area contributed by atoms with Crippen LogP contribution in [0.15, 0.2) is 42.5 Å². The SMILES string of the molecule is CCNC(=O)Oc1ccc(-c2c(N)c3ccc(OC4CCOCC4)cc3n2C2CCC2)cc1. The van der Waals surface area contributed by atoms with Crippen molar-refractivity contribution in [1.29, 1.82) is 0 Å². The van der Waals surface area contributed by atoms with E-state index in [1.807, 2.05) is 37.3 Å². The van der Waals surface area contributed by atoms with Gasteiger partial charge < -0.3 is 29.8 Å². The van der Waals surface area contributed by atoms with Crippen molar-refractivity contribution in [2.45, 2.75) is 51.2 Å². The van der Waals surface area contributed by atoms with Crippen LogP contribution in [0.25, 0.3) is 22.2 Å². The Morgan fingerprint density at radius 3 is 2.48 bits per heavy atom. The van der Waals surface area contributed by atoms with E-state index < -0.39 is 6.09 Å². The molecule has 174 valence electrons. The largest absolute Gasteiger partial charge is 0.490 e. The molecule has 3 N–H and O–H groups in total. The number of nitrogens with one attached hydrogen (secondary N) is 1. The van der Waals surface area contributed by atoms with E-state index in [-0.39, 0.29) is 6.10 Å². The maximum atomic E-state index is 11.7. The molecule has 1 saturated heterocycles. The van der Waals surface area contributed by atoms with E-state index in [0.29, 0.717) is 18.3 Å². The van der Waals surface area contributed by atoms with Gasteiger partial charge in [-0.05, 0) is 62.6 Å². The number of anilines is 1. The fourth-order valence-corrected chi connectivity index (χ4v) is 4.66. The number of aromatic nitrogens is 1. The van der Waals surface area contributed by atoms with Crippen LogP contribution in [0.2, 0.25) is 0 Å². The number of nitrogens with zero attached hydrogens (tertiary/aromatic N) is 1. The summed E-state index contributed by atoms with van der Waals surface area (Å²) in [5.74, 6) is 1.38. The first-order chi connectivity index (χ1) is 16.1. The Morgan fingerprint density at radius 1 is 1.09 bits per heavy atom. The monoisotopic (exact) mass is 449 g/mol. The van der Waals surface area contributed by atoms with Crippen LogP contribution < -0.4 is 20.5 Å². The van der Waals surface area contributed by atoms with E-state index in [1.165, 1.54) is 6.42 Å². The van der Waals surface area contributed by atoms with E-state index in [1.54, 1.807) is 0 Å². The fourth-order valence-electron chi connectivity index (χ4n) is 4.66. The molecule has 33 heavy (non-hydrogen) atoms. The Labute approximate surface area is 193 Å². The van der Waals surface area contributed by atoms with Crippen LogP contribution in [0, 0.1) is 0 Å². The van der Waals surface area contributed by atoms with Crippen molar-refractivity contribution in [3.8, 4) is 22.8 Å². The van der Waals surface area contributed by atoms with Crippen molar-refractivity contribution in [3.63, 3.8) is 0 Å². The molecule has 7 nitrogen and oxygen atoms in total. The zero-order valence-electron chi connectivity index (χ0n) is 19.0. The number of nitrogens with two attached hydrogens (primary N) is 1. The van der Waals surface area contributed by atoms with Gasteiger partial charge in [-0.2, -0.15) is 0 Å². The molecule has 1 aromatic heterocycles. The highest BCUT2D eigenvalue weighted by Gasteiger charge is 2.27. The van der Waals surface area contributed by atoms with E-state index in [0.717, 1.165) is 72.5 Å². The predicted octanol–water partition coefficient (Wildman–Crippen LogP) is 5.28. The number of ether oxygens (including phenoxy) is 3. The first-order valence-corrected chi connectivity index (χ1v) is 11.9. The minimum absolute atomic E-state index is 0.192. The maximum absolute atomic E-state index is 11.7. The number of amides is 1. The molecule has 2 heterocycles. The number of hydrogen-bond donors (Lipinski definition) is 2. The molecule has 0 spiro atoms. The first-order valence-electron chi connectivity index (χ1n) is 11.9. The van der Waals surface area contributed by atoms with Gasteiger partial charge in [-0.15, -0.1) is 0 Å². The molecule has 2 fully saturated rings. The lowest BCUT2D eigenvalue weighted by Gasteiger charge is -2.30. The van der Waals surface area contributed by atoms with Gasteiger partial charge in [0.15, 0.2) is 0 Å². The minimum Gasteiger partial charge on any atom is -0.490 e. The summed E-state index contributed by atoms with van der Waals surface area (Å²) in [4.78, 5) is 11.7. The third kappa shape index (κ3) is 4.37. The lowest BCUT2D eigenvalue weighted by molar-refractivity contribution is 0.0256. The van der Waals surface area contributed by atoms with Crippen LogP contribution in [0.5, 0.6) is 11.5 Å². The average Bonchev–Trinajstić information content (AvgIpc) is 3.06. The van der Waals surface area contributed by atoms with Gasteiger partial charge in [0.2, 0.25) is 0 Å². The molecule has 0 radical (unpaired) electrons. The zero-order valence-corrected chi connectivity index (χ0v) is 19.0. The highest BCUT2D eigenvalue weighted by atomic mass is 16.6. The maximum Gasteiger partial charge on any atom is 0.412 e. The molecular formula is C26H31N3O4. The third-order valence-corrected chi connectivity index (χ3v) is 6.59. The number of carbonyl (C=O) groups excluding carboxylic acids is 1. The molecule has 1 saturated carbocycles. The van der Waals surface area contributed by atoms with Crippen LogP contribution in [0.4, 0.5) is 10.5 Å². The number of carbonyl (C=O) groups is 1. The summed E-state index contributed by atoms with van der Waals surface area (Å²) in [6.45, 7) is 3.88. The lowest BCUT2D eigenvalue weighted by atomic mass is 9.92. The Bertz CT molecular complexity index is 1130. The lowest BCUT2D eigenvalue weighted by Crippen LogP contribution is -2.26. The summed E-state index contributed by atoms with van der Waals surface area (Å²) < 4.78 is 19.4. The summed E-state index contributed by atoms with van der Waals surface area (Å²) in [6, 6.07) is 14.2. The van der Waals surface area contributed by atoms with Gasteiger partial charge in [-0.25, -0.2) is 4.79 Å². The Kier molecular flexibility index (Phi) is 6.13.